The van der Waals surface area contributed by atoms with Crippen molar-refractivity contribution in [3.63, 3.8) is 0 Å². The first-order valence-electron chi connectivity index (χ1n) is 5.33. The summed E-state index contributed by atoms with van der Waals surface area (Å²) < 4.78 is 0. The predicted octanol–water partition coefficient (Wildman–Crippen LogP) is 3.76. The fourth-order valence-corrected chi connectivity index (χ4v) is 3.30. The lowest BCUT2D eigenvalue weighted by molar-refractivity contribution is 0.115. The summed E-state index contributed by atoms with van der Waals surface area (Å²) >= 11 is 0. The molecule has 2 aliphatic carbocycles. The average molecular weight is 152 g/mol. The van der Waals surface area contributed by atoms with Crippen molar-refractivity contribution in [3.05, 3.63) is 0 Å². The van der Waals surface area contributed by atoms with E-state index in [-0.39, 0.29) is 0 Å². The van der Waals surface area contributed by atoms with Crippen LogP contribution in [0.15, 0.2) is 0 Å². The van der Waals surface area contributed by atoms with Crippen LogP contribution in [0, 0.1) is 11.3 Å². The van der Waals surface area contributed by atoms with Gasteiger partial charge in [0.25, 0.3) is 0 Å². The van der Waals surface area contributed by atoms with E-state index < -0.39 is 0 Å². The van der Waals surface area contributed by atoms with E-state index in [1.807, 2.05) is 0 Å². The van der Waals surface area contributed by atoms with E-state index in [1.165, 1.54) is 32.1 Å². The lowest BCUT2D eigenvalue weighted by Crippen LogP contribution is -2.28. The largest absolute Gasteiger partial charge is 0.0620 e. The maximum atomic E-state index is 2.49. The highest BCUT2D eigenvalue weighted by Gasteiger charge is 2.39. The highest BCUT2D eigenvalue weighted by Crippen LogP contribution is 2.52. The van der Waals surface area contributed by atoms with Crippen molar-refractivity contribution < 1.29 is 0 Å². The minimum Gasteiger partial charge on any atom is -0.0620 e. The highest BCUT2D eigenvalue weighted by atomic mass is 14.4. The third-order valence-corrected chi connectivity index (χ3v) is 4.21. The molecule has 0 saturated heterocycles. The number of rotatable bonds is 0. The summed E-state index contributed by atoms with van der Waals surface area (Å²) in [4.78, 5) is 0. The Morgan fingerprint density at radius 2 is 1.45 bits per heavy atom. The molecule has 0 N–H and O–H groups in total. The Balaban J connectivity index is 2.07. The van der Waals surface area contributed by atoms with Crippen LogP contribution in [-0.4, -0.2) is 0 Å². The smallest absolute Gasteiger partial charge is 0.0272 e. The lowest BCUT2D eigenvalue weighted by atomic mass is 9.66. The molecule has 0 heteroatoms. The zero-order valence-corrected chi connectivity index (χ0v) is 7.73. The molecule has 64 valence electrons. The summed E-state index contributed by atoms with van der Waals surface area (Å²) in [6, 6.07) is 0. The van der Waals surface area contributed by atoms with Crippen LogP contribution in [-0.2, 0) is 0 Å². The van der Waals surface area contributed by atoms with Gasteiger partial charge in [-0.05, 0) is 30.6 Å². The molecule has 2 fully saturated rings. The summed E-state index contributed by atoms with van der Waals surface area (Å²) in [5, 5.41) is 0. The van der Waals surface area contributed by atoms with Gasteiger partial charge in [0.15, 0.2) is 0 Å². The Hall–Kier alpha value is 0. The van der Waals surface area contributed by atoms with Gasteiger partial charge in [0.2, 0.25) is 0 Å². The molecule has 1 spiro atoms. The zero-order valence-electron chi connectivity index (χ0n) is 7.73. The fourth-order valence-electron chi connectivity index (χ4n) is 3.30. The SMILES string of the molecule is C[C@@H]1CCCCC12CCCC2. The van der Waals surface area contributed by atoms with Crippen LogP contribution in [0.3, 0.4) is 0 Å². The van der Waals surface area contributed by atoms with Crippen molar-refractivity contribution in [2.75, 3.05) is 0 Å². The Morgan fingerprint density at radius 1 is 0.909 bits per heavy atom. The quantitative estimate of drug-likeness (QED) is 0.496. The second-order valence-electron chi connectivity index (χ2n) is 4.72. The summed E-state index contributed by atoms with van der Waals surface area (Å²) in [6.45, 7) is 2.49. The fraction of sp³-hybridized carbons (Fsp3) is 1.00. The van der Waals surface area contributed by atoms with E-state index in [0.717, 1.165) is 11.3 Å². The van der Waals surface area contributed by atoms with Crippen LogP contribution in [0.2, 0.25) is 0 Å². The van der Waals surface area contributed by atoms with Gasteiger partial charge < -0.3 is 0 Å². The van der Waals surface area contributed by atoms with E-state index in [2.05, 4.69) is 6.92 Å². The van der Waals surface area contributed by atoms with E-state index in [1.54, 1.807) is 19.3 Å². The van der Waals surface area contributed by atoms with Crippen LogP contribution in [0.1, 0.15) is 58.3 Å². The van der Waals surface area contributed by atoms with E-state index >= 15 is 0 Å². The van der Waals surface area contributed by atoms with Crippen LogP contribution in [0.4, 0.5) is 0 Å². The first kappa shape index (κ1) is 7.64. The maximum Gasteiger partial charge on any atom is -0.0272 e. The van der Waals surface area contributed by atoms with Gasteiger partial charge in [-0.3, -0.25) is 0 Å². The van der Waals surface area contributed by atoms with E-state index in [9.17, 15) is 0 Å². The van der Waals surface area contributed by atoms with Crippen LogP contribution >= 0.6 is 0 Å². The molecular formula is C11H20. The Morgan fingerprint density at radius 3 is 2.00 bits per heavy atom. The van der Waals surface area contributed by atoms with Gasteiger partial charge in [0.1, 0.15) is 0 Å². The Bertz CT molecular complexity index is 131. The summed E-state index contributed by atoms with van der Waals surface area (Å²) in [6.07, 6.45) is 12.2. The number of hydrogen-bond donors (Lipinski definition) is 0. The van der Waals surface area contributed by atoms with Gasteiger partial charge in [-0.15, -0.1) is 0 Å². The molecule has 0 unspecified atom stereocenters. The van der Waals surface area contributed by atoms with Gasteiger partial charge in [-0.25, -0.2) is 0 Å². The first-order valence-corrected chi connectivity index (χ1v) is 5.33. The molecule has 2 aliphatic rings. The normalized spacial score (nSPS) is 36.3. The summed E-state index contributed by atoms with van der Waals surface area (Å²) in [7, 11) is 0. The molecule has 0 aromatic heterocycles. The van der Waals surface area contributed by atoms with Gasteiger partial charge in [-0.2, -0.15) is 0 Å². The van der Waals surface area contributed by atoms with Gasteiger partial charge in [0.05, 0.1) is 0 Å². The number of hydrogen-bond acceptors (Lipinski definition) is 0. The van der Waals surface area contributed by atoms with Crippen molar-refractivity contribution in [2.45, 2.75) is 58.3 Å². The molecule has 2 saturated carbocycles. The van der Waals surface area contributed by atoms with Crippen molar-refractivity contribution in [1.29, 1.82) is 0 Å². The molecule has 0 aromatic rings. The second kappa shape index (κ2) is 2.80. The second-order valence-corrected chi connectivity index (χ2v) is 4.72. The lowest BCUT2D eigenvalue weighted by Gasteiger charge is -2.39. The van der Waals surface area contributed by atoms with Crippen LogP contribution in [0.25, 0.3) is 0 Å². The van der Waals surface area contributed by atoms with Crippen molar-refractivity contribution in [2.24, 2.45) is 11.3 Å². The average Bonchev–Trinajstić information content (AvgIpc) is 2.46. The summed E-state index contributed by atoms with van der Waals surface area (Å²) in [5.41, 5.74) is 0.832. The minimum atomic E-state index is 0.832. The molecule has 0 radical (unpaired) electrons. The van der Waals surface area contributed by atoms with Gasteiger partial charge in [-0.1, -0.05) is 39.0 Å². The van der Waals surface area contributed by atoms with Crippen molar-refractivity contribution >= 4 is 0 Å². The molecule has 0 nitrogen and oxygen atoms in total. The highest BCUT2D eigenvalue weighted by molar-refractivity contribution is 4.91. The van der Waals surface area contributed by atoms with Crippen molar-refractivity contribution in [3.8, 4) is 0 Å². The monoisotopic (exact) mass is 152 g/mol. The first-order chi connectivity index (χ1) is 5.33. The molecule has 0 aliphatic heterocycles. The molecular weight excluding hydrogens is 132 g/mol. The maximum absolute atomic E-state index is 2.49. The Kier molecular flexibility index (Phi) is 1.95. The topological polar surface area (TPSA) is 0 Å². The molecule has 0 amide bonds. The molecule has 1 atom stereocenters. The minimum absolute atomic E-state index is 0.832. The van der Waals surface area contributed by atoms with E-state index in [0.29, 0.717) is 0 Å². The van der Waals surface area contributed by atoms with E-state index in [4.69, 9.17) is 0 Å². The standard InChI is InChI=1S/C11H20/c1-10-6-2-3-7-11(10)8-4-5-9-11/h10H,2-9H2,1H3/t10-/m1/s1. The predicted molar refractivity (Wildman–Crippen MR) is 48.5 cm³/mol. The molecule has 0 aromatic carbocycles. The van der Waals surface area contributed by atoms with Crippen molar-refractivity contribution in [1.82, 2.24) is 0 Å². The van der Waals surface area contributed by atoms with Gasteiger partial charge >= 0.3 is 0 Å². The van der Waals surface area contributed by atoms with Crippen LogP contribution in [0.5, 0.6) is 0 Å². The third kappa shape index (κ3) is 1.21. The zero-order chi connectivity index (χ0) is 7.73. The molecule has 0 heterocycles. The molecule has 0 bridgehead atoms. The third-order valence-electron chi connectivity index (χ3n) is 4.21. The molecule has 2 rings (SSSR count). The molecule has 11 heavy (non-hydrogen) atoms. The summed E-state index contributed by atoms with van der Waals surface area (Å²) in [5.74, 6) is 1.04. The van der Waals surface area contributed by atoms with Gasteiger partial charge in [0, 0.05) is 0 Å². The Labute approximate surface area is 70.4 Å². The van der Waals surface area contributed by atoms with Crippen LogP contribution < -0.4 is 0 Å².